The Morgan fingerprint density at radius 1 is 1.31 bits per heavy atom. The molecule has 0 bridgehead atoms. The van der Waals surface area contributed by atoms with Gasteiger partial charge in [0, 0.05) is 30.4 Å². The first-order valence-corrected chi connectivity index (χ1v) is 5.07. The summed E-state index contributed by atoms with van der Waals surface area (Å²) in [5.41, 5.74) is 2.72. The number of aldehydes is 1. The molecule has 0 aliphatic carbocycles. The number of hydrogen-bond acceptors (Lipinski definition) is 3. The van der Waals surface area contributed by atoms with Crippen molar-refractivity contribution in [1.29, 1.82) is 0 Å². The van der Waals surface area contributed by atoms with E-state index >= 15 is 0 Å². The molecule has 0 aliphatic rings. The summed E-state index contributed by atoms with van der Waals surface area (Å²) in [5.74, 6) is 0. The summed E-state index contributed by atoms with van der Waals surface area (Å²) in [5, 5.41) is 0. The number of furan rings is 1. The van der Waals surface area contributed by atoms with Crippen LogP contribution in [-0.4, -0.2) is 13.3 Å². The molecule has 0 unspecified atom stereocenters. The highest BCUT2D eigenvalue weighted by molar-refractivity contribution is 5.84. The van der Waals surface area contributed by atoms with Gasteiger partial charge in [0.2, 0.25) is 0 Å². The third kappa shape index (κ3) is 2.14. The summed E-state index contributed by atoms with van der Waals surface area (Å²) in [4.78, 5) is 12.9. The predicted octanol–water partition coefficient (Wildman–Crippen LogP) is 2.73. The lowest BCUT2D eigenvalue weighted by Gasteiger charge is -2.19. The monoisotopic (exact) mass is 215 g/mol. The number of para-hydroxylation sites is 1. The van der Waals surface area contributed by atoms with Gasteiger partial charge in [-0.1, -0.05) is 12.1 Å². The van der Waals surface area contributed by atoms with E-state index in [2.05, 4.69) is 0 Å². The van der Waals surface area contributed by atoms with Crippen LogP contribution in [0.2, 0.25) is 0 Å². The lowest BCUT2D eigenvalue weighted by atomic mass is 10.1. The highest BCUT2D eigenvalue weighted by Crippen LogP contribution is 2.19. The highest BCUT2D eigenvalue weighted by Gasteiger charge is 2.07. The molecule has 0 saturated carbocycles. The van der Waals surface area contributed by atoms with Crippen LogP contribution >= 0.6 is 0 Å². The van der Waals surface area contributed by atoms with E-state index in [9.17, 15) is 4.79 Å². The molecule has 1 heterocycles. The largest absolute Gasteiger partial charge is 0.472 e. The van der Waals surface area contributed by atoms with Gasteiger partial charge in [0.1, 0.15) is 0 Å². The SMILES string of the molecule is CN(Cc1ccoc1)c1ccccc1C=O. The maximum Gasteiger partial charge on any atom is 0.152 e. The smallest absolute Gasteiger partial charge is 0.152 e. The summed E-state index contributed by atoms with van der Waals surface area (Å²) in [6.07, 6.45) is 4.23. The van der Waals surface area contributed by atoms with Crippen LogP contribution in [0.25, 0.3) is 0 Å². The molecule has 2 rings (SSSR count). The fourth-order valence-electron chi connectivity index (χ4n) is 1.68. The van der Waals surface area contributed by atoms with Crippen molar-refractivity contribution in [3.63, 3.8) is 0 Å². The standard InChI is InChI=1S/C13H13NO2/c1-14(8-11-6-7-16-10-11)13-5-3-2-4-12(13)9-15/h2-7,9-10H,8H2,1H3. The molecule has 0 fully saturated rings. The van der Waals surface area contributed by atoms with Crippen LogP contribution in [0.1, 0.15) is 15.9 Å². The first kappa shape index (κ1) is 10.5. The lowest BCUT2D eigenvalue weighted by molar-refractivity contribution is 0.112. The first-order valence-electron chi connectivity index (χ1n) is 5.07. The Balaban J connectivity index is 2.20. The zero-order chi connectivity index (χ0) is 11.4. The Labute approximate surface area is 94.3 Å². The van der Waals surface area contributed by atoms with Gasteiger partial charge in [0.15, 0.2) is 6.29 Å². The Bertz CT molecular complexity index is 463. The van der Waals surface area contributed by atoms with Crippen molar-refractivity contribution in [2.45, 2.75) is 6.54 Å². The number of anilines is 1. The van der Waals surface area contributed by atoms with Gasteiger partial charge in [-0.2, -0.15) is 0 Å². The zero-order valence-corrected chi connectivity index (χ0v) is 9.09. The van der Waals surface area contributed by atoms with Crippen LogP contribution in [0.5, 0.6) is 0 Å². The van der Waals surface area contributed by atoms with Crippen LogP contribution in [-0.2, 0) is 6.54 Å². The van der Waals surface area contributed by atoms with E-state index in [1.54, 1.807) is 12.5 Å². The molecule has 2 aromatic rings. The first-order chi connectivity index (χ1) is 7.81. The van der Waals surface area contributed by atoms with Gasteiger partial charge < -0.3 is 9.32 Å². The van der Waals surface area contributed by atoms with E-state index < -0.39 is 0 Å². The molecule has 0 aliphatic heterocycles. The minimum atomic E-state index is 0.702. The summed E-state index contributed by atoms with van der Waals surface area (Å²) in [7, 11) is 1.95. The molecule has 0 N–H and O–H groups in total. The van der Waals surface area contributed by atoms with E-state index in [1.165, 1.54) is 0 Å². The van der Waals surface area contributed by atoms with Gasteiger partial charge in [-0.15, -0.1) is 0 Å². The summed E-state index contributed by atoms with van der Waals surface area (Å²) in [6.45, 7) is 0.724. The van der Waals surface area contributed by atoms with Crippen molar-refractivity contribution >= 4 is 12.0 Å². The van der Waals surface area contributed by atoms with Gasteiger partial charge in [-0.05, 0) is 18.2 Å². The molecule has 0 saturated heterocycles. The maximum absolute atomic E-state index is 10.9. The second kappa shape index (κ2) is 4.66. The van der Waals surface area contributed by atoms with Crippen LogP contribution in [0.3, 0.4) is 0 Å². The Morgan fingerprint density at radius 3 is 2.81 bits per heavy atom. The Hall–Kier alpha value is -2.03. The third-order valence-electron chi connectivity index (χ3n) is 2.47. The average molecular weight is 215 g/mol. The van der Waals surface area contributed by atoms with Crippen molar-refractivity contribution in [1.82, 2.24) is 0 Å². The van der Waals surface area contributed by atoms with Crippen molar-refractivity contribution < 1.29 is 9.21 Å². The minimum absolute atomic E-state index is 0.702. The van der Waals surface area contributed by atoms with Gasteiger partial charge >= 0.3 is 0 Å². The zero-order valence-electron chi connectivity index (χ0n) is 9.09. The molecule has 3 nitrogen and oxygen atoms in total. The van der Waals surface area contributed by atoms with Gasteiger partial charge in [-0.3, -0.25) is 4.79 Å². The van der Waals surface area contributed by atoms with Crippen molar-refractivity contribution in [3.05, 3.63) is 54.0 Å². The molecule has 3 heteroatoms. The second-order valence-corrected chi connectivity index (χ2v) is 3.66. The number of benzene rings is 1. The maximum atomic E-state index is 10.9. The van der Waals surface area contributed by atoms with Crippen LogP contribution in [0.15, 0.2) is 47.3 Å². The van der Waals surface area contributed by atoms with Crippen LogP contribution < -0.4 is 4.90 Å². The number of hydrogen-bond donors (Lipinski definition) is 0. The molecule has 0 atom stereocenters. The van der Waals surface area contributed by atoms with Crippen molar-refractivity contribution in [2.75, 3.05) is 11.9 Å². The molecule has 1 aromatic carbocycles. The summed E-state index contributed by atoms with van der Waals surface area (Å²) < 4.78 is 5.01. The molecule has 1 aromatic heterocycles. The molecular formula is C13H13NO2. The molecule has 0 amide bonds. The highest BCUT2D eigenvalue weighted by atomic mass is 16.3. The van der Waals surface area contributed by atoms with Gasteiger partial charge in [-0.25, -0.2) is 0 Å². The fraction of sp³-hybridized carbons (Fsp3) is 0.154. The molecular weight excluding hydrogens is 202 g/mol. The van der Waals surface area contributed by atoms with E-state index in [0.29, 0.717) is 5.56 Å². The van der Waals surface area contributed by atoms with E-state index in [4.69, 9.17) is 4.42 Å². The Kier molecular flexibility index (Phi) is 3.05. The number of carbonyl (C=O) groups is 1. The van der Waals surface area contributed by atoms with Crippen molar-refractivity contribution in [3.8, 4) is 0 Å². The normalized spacial score (nSPS) is 10.1. The third-order valence-corrected chi connectivity index (χ3v) is 2.47. The molecule has 0 radical (unpaired) electrons. The quantitative estimate of drug-likeness (QED) is 0.735. The van der Waals surface area contributed by atoms with E-state index in [-0.39, 0.29) is 0 Å². The lowest BCUT2D eigenvalue weighted by Crippen LogP contribution is -2.17. The molecule has 16 heavy (non-hydrogen) atoms. The van der Waals surface area contributed by atoms with Gasteiger partial charge in [0.25, 0.3) is 0 Å². The second-order valence-electron chi connectivity index (χ2n) is 3.66. The minimum Gasteiger partial charge on any atom is -0.472 e. The van der Waals surface area contributed by atoms with E-state index in [0.717, 1.165) is 24.1 Å². The van der Waals surface area contributed by atoms with E-state index in [1.807, 2.05) is 42.3 Å². The van der Waals surface area contributed by atoms with Crippen LogP contribution in [0, 0.1) is 0 Å². The molecule has 0 spiro atoms. The molecule has 82 valence electrons. The number of nitrogens with zero attached hydrogens (tertiary/aromatic N) is 1. The van der Waals surface area contributed by atoms with Crippen molar-refractivity contribution in [2.24, 2.45) is 0 Å². The fourth-order valence-corrected chi connectivity index (χ4v) is 1.68. The Morgan fingerprint density at radius 2 is 2.12 bits per heavy atom. The summed E-state index contributed by atoms with van der Waals surface area (Å²) in [6, 6.07) is 9.45. The number of carbonyl (C=O) groups excluding carboxylic acids is 1. The van der Waals surface area contributed by atoms with Gasteiger partial charge in [0.05, 0.1) is 12.5 Å². The topological polar surface area (TPSA) is 33.5 Å². The predicted molar refractivity (Wildman–Crippen MR) is 62.6 cm³/mol. The average Bonchev–Trinajstić information content (AvgIpc) is 2.81. The van der Waals surface area contributed by atoms with Crippen LogP contribution in [0.4, 0.5) is 5.69 Å². The summed E-state index contributed by atoms with van der Waals surface area (Å²) >= 11 is 0. The number of rotatable bonds is 4.